The number of hydrogen-bond donors (Lipinski definition) is 1. The molecule has 1 amide bonds. The van der Waals surface area contributed by atoms with Crippen LogP contribution in [0, 0.1) is 13.8 Å². The second kappa shape index (κ2) is 7.37. The van der Waals surface area contributed by atoms with Crippen molar-refractivity contribution in [2.75, 3.05) is 25.0 Å². The van der Waals surface area contributed by atoms with Crippen LogP contribution in [0.5, 0.6) is 0 Å². The number of nitrogens with one attached hydrogen (secondary N) is 1. The Bertz CT molecular complexity index is 731. The van der Waals surface area contributed by atoms with Gasteiger partial charge in [-0.15, -0.1) is 0 Å². The number of amides is 1. The number of carbonyl (C=O) groups excluding carboxylic acids is 1. The number of morpholine rings is 1. The summed E-state index contributed by atoms with van der Waals surface area (Å²) in [5.74, 6) is -0.0138. The Morgan fingerprint density at radius 2 is 1.84 bits per heavy atom. The molecule has 3 rings (SSSR count). The van der Waals surface area contributed by atoms with Gasteiger partial charge in [-0.25, -0.2) is 4.68 Å². The minimum Gasteiger partial charge on any atom is -0.373 e. The zero-order chi connectivity index (χ0) is 18.0. The van der Waals surface area contributed by atoms with E-state index in [4.69, 9.17) is 4.74 Å². The molecule has 2 unspecified atom stereocenters. The normalized spacial score (nSPS) is 21.3. The predicted octanol–water partition coefficient (Wildman–Crippen LogP) is 2.54. The maximum atomic E-state index is 12.5. The van der Waals surface area contributed by atoms with Crippen LogP contribution in [-0.4, -0.2) is 52.4 Å². The van der Waals surface area contributed by atoms with Crippen LogP contribution in [0.2, 0.25) is 0 Å². The van der Waals surface area contributed by atoms with Gasteiger partial charge in [0.2, 0.25) is 5.91 Å². The smallest absolute Gasteiger partial charge is 0.238 e. The van der Waals surface area contributed by atoms with Gasteiger partial charge in [0.1, 0.15) is 0 Å². The first kappa shape index (κ1) is 17.6. The lowest BCUT2D eigenvalue weighted by molar-refractivity contribution is -0.121. The Balaban J connectivity index is 1.70. The predicted molar refractivity (Wildman–Crippen MR) is 98.1 cm³/mol. The minimum atomic E-state index is -0.0138. The summed E-state index contributed by atoms with van der Waals surface area (Å²) in [6.07, 6.45) is 0.307. The maximum Gasteiger partial charge on any atom is 0.238 e. The minimum absolute atomic E-state index is 0.0138. The summed E-state index contributed by atoms with van der Waals surface area (Å²) in [6.45, 7) is 9.89. The summed E-state index contributed by atoms with van der Waals surface area (Å²) in [5, 5.41) is 7.61. The number of benzene rings is 1. The Hall–Kier alpha value is -2.18. The number of ether oxygens (including phenoxy) is 1. The molecule has 6 nitrogen and oxygen atoms in total. The van der Waals surface area contributed by atoms with Gasteiger partial charge in [0, 0.05) is 13.1 Å². The molecule has 2 atom stereocenters. The van der Waals surface area contributed by atoms with E-state index in [0.29, 0.717) is 6.54 Å². The fraction of sp³-hybridized carbons (Fsp3) is 0.474. The van der Waals surface area contributed by atoms with Gasteiger partial charge in [0.25, 0.3) is 0 Å². The number of para-hydroxylation sites is 1. The highest BCUT2D eigenvalue weighted by atomic mass is 16.5. The van der Waals surface area contributed by atoms with E-state index in [1.807, 2.05) is 62.7 Å². The Morgan fingerprint density at radius 1 is 1.20 bits per heavy atom. The van der Waals surface area contributed by atoms with E-state index in [9.17, 15) is 4.79 Å². The van der Waals surface area contributed by atoms with E-state index in [2.05, 4.69) is 15.3 Å². The summed E-state index contributed by atoms with van der Waals surface area (Å²) in [6, 6.07) is 9.93. The molecule has 2 aromatic rings. The molecule has 0 bridgehead atoms. The molecule has 25 heavy (non-hydrogen) atoms. The van der Waals surface area contributed by atoms with Gasteiger partial charge in [-0.2, -0.15) is 5.10 Å². The van der Waals surface area contributed by atoms with Gasteiger partial charge in [-0.05, 0) is 39.8 Å². The number of anilines is 1. The van der Waals surface area contributed by atoms with E-state index in [1.165, 1.54) is 0 Å². The lowest BCUT2D eigenvalue weighted by Crippen LogP contribution is -2.48. The van der Waals surface area contributed by atoms with Crippen molar-refractivity contribution in [1.29, 1.82) is 0 Å². The monoisotopic (exact) mass is 342 g/mol. The number of aromatic nitrogens is 2. The topological polar surface area (TPSA) is 59.4 Å². The van der Waals surface area contributed by atoms with E-state index in [1.54, 1.807) is 0 Å². The molecule has 1 N–H and O–H groups in total. The number of rotatable bonds is 4. The molecule has 134 valence electrons. The second-order valence-corrected chi connectivity index (χ2v) is 6.79. The summed E-state index contributed by atoms with van der Waals surface area (Å²) in [4.78, 5) is 14.7. The van der Waals surface area contributed by atoms with Crippen molar-refractivity contribution < 1.29 is 9.53 Å². The summed E-state index contributed by atoms with van der Waals surface area (Å²) in [5.41, 5.74) is 3.53. The number of nitrogens with zero attached hydrogens (tertiary/aromatic N) is 3. The Kier molecular flexibility index (Phi) is 5.20. The van der Waals surface area contributed by atoms with Gasteiger partial charge in [0.15, 0.2) is 0 Å². The molecule has 0 radical (unpaired) electrons. The van der Waals surface area contributed by atoms with Crippen molar-refractivity contribution in [2.45, 2.75) is 39.9 Å². The van der Waals surface area contributed by atoms with Gasteiger partial charge < -0.3 is 10.1 Å². The first-order valence-electron chi connectivity index (χ1n) is 8.73. The molecule has 1 aliphatic rings. The fourth-order valence-corrected chi connectivity index (χ4v) is 3.44. The molecular formula is C19H26N4O2. The molecule has 0 spiro atoms. The van der Waals surface area contributed by atoms with Crippen LogP contribution >= 0.6 is 0 Å². The molecule has 1 saturated heterocycles. The number of aryl methyl sites for hydroxylation is 1. The standard InChI is InChI=1S/C19H26N4O2/c1-13-10-22(11-14(2)25-13)12-18(24)20-19-15(3)21-23(16(19)4)17-8-6-5-7-9-17/h5-9,13-14H,10-12H2,1-4H3,(H,20,24). The third-order valence-electron chi connectivity index (χ3n) is 4.42. The van der Waals surface area contributed by atoms with E-state index >= 15 is 0 Å². The molecule has 1 fully saturated rings. The largest absolute Gasteiger partial charge is 0.373 e. The summed E-state index contributed by atoms with van der Waals surface area (Å²) >= 11 is 0. The third kappa shape index (κ3) is 4.08. The number of carbonyl (C=O) groups is 1. The van der Waals surface area contributed by atoms with Crippen molar-refractivity contribution in [3.63, 3.8) is 0 Å². The van der Waals surface area contributed by atoms with Crippen molar-refractivity contribution in [3.05, 3.63) is 41.7 Å². The summed E-state index contributed by atoms with van der Waals surface area (Å²) in [7, 11) is 0. The van der Waals surface area contributed by atoms with Gasteiger partial charge >= 0.3 is 0 Å². The fourth-order valence-electron chi connectivity index (χ4n) is 3.44. The molecule has 1 aromatic heterocycles. The molecule has 0 saturated carbocycles. The van der Waals surface area contributed by atoms with Crippen molar-refractivity contribution in [2.24, 2.45) is 0 Å². The van der Waals surface area contributed by atoms with Crippen LogP contribution in [0.25, 0.3) is 5.69 Å². The first-order valence-corrected chi connectivity index (χ1v) is 8.73. The molecular weight excluding hydrogens is 316 g/mol. The molecule has 2 heterocycles. The van der Waals surface area contributed by atoms with E-state index in [-0.39, 0.29) is 18.1 Å². The van der Waals surface area contributed by atoms with Gasteiger partial charge in [0.05, 0.1) is 41.5 Å². The zero-order valence-electron chi connectivity index (χ0n) is 15.3. The number of hydrogen-bond acceptors (Lipinski definition) is 4. The molecule has 6 heteroatoms. The van der Waals surface area contributed by atoms with Crippen LogP contribution < -0.4 is 5.32 Å². The molecule has 1 aliphatic heterocycles. The Morgan fingerprint density at radius 3 is 2.48 bits per heavy atom. The molecule has 1 aromatic carbocycles. The maximum absolute atomic E-state index is 12.5. The highest BCUT2D eigenvalue weighted by Crippen LogP contribution is 2.22. The van der Waals surface area contributed by atoms with Crippen LogP contribution in [-0.2, 0) is 9.53 Å². The van der Waals surface area contributed by atoms with Crippen molar-refractivity contribution >= 4 is 11.6 Å². The first-order chi connectivity index (χ1) is 11.9. The highest BCUT2D eigenvalue weighted by molar-refractivity contribution is 5.93. The lowest BCUT2D eigenvalue weighted by atomic mass is 10.2. The van der Waals surface area contributed by atoms with Crippen LogP contribution in [0.15, 0.2) is 30.3 Å². The highest BCUT2D eigenvalue weighted by Gasteiger charge is 2.24. The zero-order valence-corrected chi connectivity index (χ0v) is 15.3. The quantitative estimate of drug-likeness (QED) is 0.928. The SMILES string of the molecule is Cc1nn(-c2ccccc2)c(C)c1NC(=O)CN1CC(C)OC(C)C1. The third-order valence-corrected chi connectivity index (χ3v) is 4.42. The Labute approximate surface area is 148 Å². The van der Waals surface area contributed by atoms with E-state index < -0.39 is 0 Å². The van der Waals surface area contributed by atoms with Crippen LogP contribution in [0.3, 0.4) is 0 Å². The lowest BCUT2D eigenvalue weighted by Gasteiger charge is -2.34. The summed E-state index contributed by atoms with van der Waals surface area (Å²) < 4.78 is 7.58. The van der Waals surface area contributed by atoms with Gasteiger partial charge in [-0.1, -0.05) is 18.2 Å². The van der Waals surface area contributed by atoms with Crippen molar-refractivity contribution in [3.8, 4) is 5.69 Å². The molecule has 0 aliphatic carbocycles. The van der Waals surface area contributed by atoms with E-state index in [0.717, 1.165) is 35.9 Å². The van der Waals surface area contributed by atoms with Gasteiger partial charge in [-0.3, -0.25) is 9.69 Å². The second-order valence-electron chi connectivity index (χ2n) is 6.79. The average Bonchev–Trinajstić information content (AvgIpc) is 2.83. The van der Waals surface area contributed by atoms with Crippen molar-refractivity contribution in [1.82, 2.24) is 14.7 Å². The average molecular weight is 342 g/mol. The van der Waals surface area contributed by atoms with Crippen LogP contribution in [0.4, 0.5) is 5.69 Å². The van der Waals surface area contributed by atoms with Crippen LogP contribution in [0.1, 0.15) is 25.2 Å².